The molecule has 0 aliphatic carbocycles. The minimum absolute atomic E-state index is 0.132. The fourth-order valence-electron chi connectivity index (χ4n) is 3.14. The van der Waals surface area contributed by atoms with Gasteiger partial charge in [-0.2, -0.15) is 0 Å². The third kappa shape index (κ3) is 29.0. The van der Waals surface area contributed by atoms with Gasteiger partial charge in [-0.05, 0) is 84.4 Å². The van der Waals surface area contributed by atoms with Gasteiger partial charge in [0.25, 0.3) is 0 Å². The third-order valence-corrected chi connectivity index (χ3v) is 5.57. The molecule has 0 saturated heterocycles. The summed E-state index contributed by atoms with van der Waals surface area (Å²) in [7, 11) is -4.82. The van der Waals surface area contributed by atoms with Gasteiger partial charge in [0.05, 0.1) is 6.61 Å². The van der Waals surface area contributed by atoms with Crippen LogP contribution in [0.1, 0.15) is 90.9 Å². The molecule has 1 atom stereocenters. The topological polar surface area (TPSA) is 119 Å². The van der Waals surface area contributed by atoms with E-state index in [4.69, 9.17) is 19.3 Å². The van der Waals surface area contributed by atoms with E-state index in [9.17, 15) is 14.2 Å². The van der Waals surface area contributed by atoms with Gasteiger partial charge in [0, 0.05) is 12.3 Å². The molecule has 0 spiro atoms. The van der Waals surface area contributed by atoms with Gasteiger partial charge < -0.3 is 19.3 Å². The molecule has 222 valence electrons. The number of phosphoric acid groups is 1. The molecule has 0 rings (SSSR count). The first kappa shape index (κ1) is 38.0. The number of esters is 2. The van der Waals surface area contributed by atoms with Gasteiger partial charge in [-0.25, -0.2) is 9.36 Å². The molecular formula is C33H37O8P. The highest BCUT2D eigenvalue weighted by atomic mass is 31.2. The van der Waals surface area contributed by atoms with Crippen molar-refractivity contribution in [1.82, 2.24) is 0 Å². The average Bonchev–Trinajstić information content (AvgIpc) is 2.95. The lowest BCUT2D eigenvalue weighted by Crippen LogP contribution is -2.29. The van der Waals surface area contributed by atoms with Crippen molar-refractivity contribution in [3.05, 3.63) is 0 Å². The van der Waals surface area contributed by atoms with E-state index in [1.54, 1.807) is 6.92 Å². The predicted octanol–water partition coefficient (Wildman–Crippen LogP) is 4.30. The zero-order chi connectivity index (χ0) is 31.2. The van der Waals surface area contributed by atoms with Crippen molar-refractivity contribution in [3.8, 4) is 82.9 Å². The van der Waals surface area contributed by atoms with E-state index in [-0.39, 0.29) is 6.42 Å². The first-order chi connectivity index (χ1) is 20.3. The van der Waals surface area contributed by atoms with Crippen LogP contribution in [0.25, 0.3) is 0 Å². The summed E-state index contributed by atoms with van der Waals surface area (Å²) in [5, 5.41) is 0. The monoisotopic (exact) mass is 592 g/mol. The number of carbonyl (C=O) groups excluding carboxylic acids is 2. The van der Waals surface area contributed by atoms with Crippen molar-refractivity contribution in [2.45, 2.75) is 97.0 Å². The molecule has 0 saturated carbocycles. The van der Waals surface area contributed by atoms with Crippen LogP contribution in [0.4, 0.5) is 0 Å². The van der Waals surface area contributed by atoms with Crippen molar-refractivity contribution in [2.75, 3.05) is 13.2 Å². The van der Waals surface area contributed by atoms with Crippen LogP contribution >= 0.6 is 7.82 Å². The summed E-state index contributed by atoms with van der Waals surface area (Å²) in [6.07, 6.45) is 11.4. The molecule has 2 N–H and O–H groups in total. The molecule has 9 heteroatoms. The molecule has 42 heavy (non-hydrogen) atoms. The highest BCUT2D eigenvalue weighted by Gasteiger charge is 2.22. The number of phosphoric ester groups is 1. The van der Waals surface area contributed by atoms with Crippen molar-refractivity contribution >= 4 is 19.8 Å². The highest BCUT2D eigenvalue weighted by molar-refractivity contribution is 7.46. The summed E-state index contributed by atoms with van der Waals surface area (Å²) in [6.45, 7) is 2.71. The van der Waals surface area contributed by atoms with Gasteiger partial charge in [-0.3, -0.25) is 9.32 Å². The van der Waals surface area contributed by atoms with E-state index in [0.29, 0.717) is 6.42 Å². The largest absolute Gasteiger partial charge is 0.469 e. The maximum absolute atomic E-state index is 12.2. The molecule has 0 heterocycles. The first-order valence-corrected chi connectivity index (χ1v) is 15.3. The second-order valence-corrected chi connectivity index (χ2v) is 9.90. The lowest BCUT2D eigenvalue weighted by Gasteiger charge is -2.17. The molecule has 0 aromatic heterocycles. The van der Waals surface area contributed by atoms with E-state index in [0.717, 1.165) is 19.3 Å². The van der Waals surface area contributed by atoms with E-state index >= 15 is 0 Å². The Labute approximate surface area is 250 Å². The van der Waals surface area contributed by atoms with Crippen molar-refractivity contribution in [1.29, 1.82) is 0 Å². The minimum Gasteiger partial charge on any atom is -0.456 e. The van der Waals surface area contributed by atoms with Crippen LogP contribution < -0.4 is 0 Å². The van der Waals surface area contributed by atoms with Crippen molar-refractivity contribution in [3.63, 3.8) is 0 Å². The van der Waals surface area contributed by atoms with Crippen LogP contribution in [-0.4, -0.2) is 41.0 Å². The summed E-state index contributed by atoms with van der Waals surface area (Å²) in [5.74, 6) is 32.3. The Bertz CT molecular complexity index is 1330. The normalized spacial score (nSPS) is 9.71. The lowest BCUT2D eigenvalue weighted by atomic mass is 10.1. The van der Waals surface area contributed by atoms with E-state index < -0.39 is 39.1 Å². The van der Waals surface area contributed by atoms with E-state index in [1.807, 2.05) is 0 Å². The number of hydrogen-bond donors (Lipinski definition) is 2. The molecule has 0 radical (unpaired) electrons. The SMILES string of the molecule is CC#CC#CC#CC#CC#CC#CC#CC(=O)OC[C@@H](COP(=O)(O)O)OC(=O)CCCCCCCCCCCCC. The zero-order valence-corrected chi connectivity index (χ0v) is 25.2. The van der Waals surface area contributed by atoms with Crippen LogP contribution in [-0.2, 0) is 28.2 Å². The molecule has 0 aliphatic heterocycles. The Hall–Kier alpha value is -4.03. The van der Waals surface area contributed by atoms with Gasteiger partial charge in [0.1, 0.15) is 6.61 Å². The van der Waals surface area contributed by atoms with Crippen LogP contribution in [0, 0.1) is 82.9 Å². The molecule has 0 amide bonds. The highest BCUT2D eigenvalue weighted by Crippen LogP contribution is 2.35. The summed E-state index contributed by atoms with van der Waals surface area (Å²) in [5.41, 5.74) is 0. The first-order valence-electron chi connectivity index (χ1n) is 13.8. The Kier molecular flexibility index (Phi) is 24.5. The second-order valence-electron chi connectivity index (χ2n) is 8.66. The number of rotatable bonds is 18. The molecule has 0 bridgehead atoms. The van der Waals surface area contributed by atoms with Crippen LogP contribution in [0.5, 0.6) is 0 Å². The van der Waals surface area contributed by atoms with Gasteiger partial charge in [0.15, 0.2) is 6.10 Å². The maximum atomic E-state index is 12.2. The van der Waals surface area contributed by atoms with Crippen LogP contribution in [0.15, 0.2) is 0 Å². The fourth-order valence-corrected chi connectivity index (χ4v) is 3.50. The number of carbonyl (C=O) groups is 2. The predicted molar refractivity (Wildman–Crippen MR) is 160 cm³/mol. The summed E-state index contributed by atoms with van der Waals surface area (Å²) in [4.78, 5) is 41.9. The quantitative estimate of drug-likeness (QED) is 0.0796. The second kappa shape index (κ2) is 27.2. The molecule has 0 aromatic rings. The Morgan fingerprint density at radius 2 is 1.12 bits per heavy atom. The van der Waals surface area contributed by atoms with Gasteiger partial charge in [-0.1, -0.05) is 77.1 Å². The van der Waals surface area contributed by atoms with Crippen molar-refractivity contribution in [2.24, 2.45) is 0 Å². The molecule has 0 unspecified atom stereocenters. The number of ether oxygens (including phenoxy) is 2. The Morgan fingerprint density at radius 3 is 1.60 bits per heavy atom. The van der Waals surface area contributed by atoms with Gasteiger partial charge >= 0.3 is 19.8 Å². The summed E-state index contributed by atoms with van der Waals surface area (Å²) in [6, 6.07) is 0. The van der Waals surface area contributed by atoms with E-state index in [2.05, 4.69) is 94.3 Å². The Morgan fingerprint density at radius 1 is 0.667 bits per heavy atom. The average molecular weight is 593 g/mol. The van der Waals surface area contributed by atoms with Crippen molar-refractivity contribution < 1.29 is 37.9 Å². The fraction of sp³-hybridized carbons (Fsp3) is 0.515. The summed E-state index contributed by atoms with van der Waals surface area (Å²) >= 11 is 0. The standard InChI is InChI=1S/C33H37O8P/c1-3-5-7-9-11-13-15-16-18-19-21-23-25-27-32(34)39-29-31(30-40-42(36,37)38)41-33(35)28-26-24-22-20-17-14-12-10-8-6-4-2/h31H,4,6,8,10,12,14,17,20,22,24,26,28-30H2,1-2H3,(H2,36,37,38)/t31-/m0/s1. The molecular weight excluding hydrogens is 555 g/mol. The minimum atomic E-state index is -4.82. The van der Waals surface area contributed by atoms with Gasteiger partial charge in [0.2, 0.25) is 0 Å². The van der Waals surface area contributed by atoms with Crippen LogP contribution in [0.3, 0.4) is 0 Å². The third-order valence-electron chi connectivity index (χ3n) is 5.09. The number of unbranched alkanes of at least 4 members (excludes halogenated alkanes) is 10. The molecule has 8 nitrogen and oxygen atoms in total. The molecule has 0 fully saturated rings. The molecule has 0 aromatic carbocycles. The zero-order valence-electron chi connectivity index (χ0n) is 24.3. The summed E-state index contributed by atoms with van der Waals surface area (Å²) < 4.78 is 25.6. The van der Waals surface area contributed by atoms with Gasteiger partial charge in [-0.15, -0.1) is 0 Å². The van der Waals surface area contributed by atoms with E-state index in [1.165, 1.54) is 44.9 Å². The molecule has 0 aliphatic rings. The Balaban J connectivity index is 4.51. The maximum Gasteiger partial charge on any atom is 0.469 e. The number of hydrogen-bond acceptors (Lipinski definition) is 6. The van der Waals surface area contributed by atoms with Crippen LogP contribution in [0.2, 0.25) is 0 Å². The smallest absolute Gasteiger partial charge is 0.456 e. The lowest BCUT2D eigenvalue weighted by molar-refractivity contribution is -0.158.